The summed E-state index contributed by atoms with van der Waals surface area (Å²) in [6.45, 7) is 2.39. The van der Waals surface area contributed by atoms with Crippen molar-refractivity contribution in [2.24, 2.45) is 0 Å². The van der Waals surface area contributed by atoms with Crippen LogP contribution in [0.3, 0.4) is 0 Å². The fraction of sp³-hybridized carbons (Fsp3) is 0.214. The van der Waals surface area contributed by atoms with Gasteiger partial charge in [0.15, 0.2) is 0 Å². The molecule has 1 aromatic carbocycles. The number of carbonyl (C=O) groups excluding carboxylic acids is 1. The monoisotopic (exact) mass is 305 g/mol. The lowest BCUT2D eigenvalue weighted by atomic mass is 10.1. The number of hydrogen-bond acceptors (Lipinski definition) is 5. The fourth-order valence-corrected chi connectivity index (χ4v) is 2.90. The average molecular weight is 305 g/mol. The van der Waals surface area contributed by atoms with E-state index >= 15 is 0 Å². The number of nitro benzene ring substituents is 1. The molecule has 3 N–H and O–H groups in total. The van der Waals surface area contributed by atoms with Crippen molar-refractivity contribution in [2.45, 2.75) is 19.9 Å². The van der Waals surface area contributed by atoms with E-state index in [1.165, 1.54) is 23.8 Å². The maximum absolute atomic E-state index is 12.2. The Morgan fingerprint density at radius 1 is 1.43 bits per heavy atom. The Kier molecular flexibility index (Phi) is 4.54. The molecule has 0 radical (unpaired) electrons. The predicted molar refractivity (Wildman–Crippen MR) is 82.4 cm³/mol. The van der Waals surface area contributed by atoms with Crippen LogP contribution in [0, 0.1) is 10.1 Å². The van der Waals surface area contributed by atoms with Gasteiger partial charge in [0.2, 0.25) is 0 Å². The second kappa shape index (κ2) is 6.36. The first kappa shape index (κ1) is 15.0. The van der Waals surface area contributed by atoms with E-state index in [1.807, 2.05) is 18.4 Å². The summed E-state index contributed by atoms with van der Waals surface area (Å²) < 4.78 is 0. The summed E-state index contributed by atoms with van der Waals surface area (Å²) in [5, 5.41) is 15.6. The number of carbonyl (C=O) groups is 1. The molecule has 0 saturated heterocycles. The van der Waals surface area contributed by atoms with Gasteiger partial charge in [0.05, 0.1) is 11.5 Å². The van der Waals surface area contributed by atoms with Crippen LogP contribution in [0.4, 0.5) is 11.4 Å². The van der Waals surface area contributed by atoms with E-state index in [0.717, 1.165) is 11.3 Å². The molecule has 1 heterocycles. The van der Waals surface area contributed by atoms with Crippen LogP contribution in [0.25, 0.3) is 0 Å². The Balaban J connectivity index is 2.17. The first-order chi connectivity index (χ1) is 10.0. The van der Waals surface area contributed by atoms with E-state index in [0.29, 0.717) is 12.2 Å². The van der Waals surface area contributed by atoms with Gasteiger partial charge in [0, 0.05) is 16.6 Å². The molecule has 1 aromatic heterocycles. The zero-order valence-corrected chi connectivity index (χ0v) is 12.3. The predicted octanol–water partition coefficient (Wildman–Crippen LogP) is 2.73. The third-order valence-electron chi connectivity index (χ3n) is 3.09. The van der Waals surface area contributed by atoms with Crippen molar-refractivity contribution in [2.75, 3.05) is 5.73 Å². The third kappa shape index (κ3) is 3.38. The van der Waals surface area contributed by atoms with Crippen LogP contribution in [0.5, 0.6) is 0 Å². The normalized spacial score (nSPS) is 10.3. The van der Waals surface area contributed by atoms with Crippen molar-refractivity contribution in [1.29, 1.82) is 0 Å². The molecule has 0 spiro atoms. The number of nitrogens with one attached hydrogen (secondary N) is 1. The van der Waals surface area contributed by atoms with Crippen LogP contribution in [0.15, 0.2) is 29.6 Å². The number of hydrogen-bond donors (Lipinski definition) is 2. The molecule has 7 heteroatoms. The number of rotatable bonds is 5. The molecule has 0 aliphatic heterocycles. The highest BCUT2D eigenvalue weighted by atomic mass is 32.1. The molecule has 2 aromatic rings. The lowest BCUT2D eigenvalue weighted by molar-refractivity contribution is -0.385. The van der Waals surface area contributed by atoms with E-state index in [-0.39, 0.29) is 11.3 Å². The molecule has 0 saturated carbocycles. The Morgan fingerprint density at radius 3 is 2.86 bits per heavy atom. The topological polar surface area (TPSA) is 98.3 Å². The minimum Gasteiger partial charge on any atom is -0.399 e. The SMILES string of the molecule is CCc1ccsc1CNC(=O)c1cc(N)ccc1[N+](=O)[O-]. The van der Waals surface area contributed by atoms with Gasteiger partial charge in [-0.15, -0.1) is 11.3 Å². The summed E-state index contributed by atoms with van der Waals surface area (Å²) in [7, 11) is 0. The smallest absolute Gasteiger partial charge is 0.282 e. The van der Waals surface area contributed by atoms with Crippen molar-refractivity contribution in [3.05, 3.63) is 55.8 Å². The Morgan fingerprint density at radius 2 is 2.19 bits per heavy atom. The minimum atomic E-state index is -0.586. The fourth-order valence-electron chi connectivity index (χ4n) is 1.99. The number of thiophene rings is 1. The van der Waals surface area contributed by atoms with Crippen LogP contribution in [0.1, 0.15) is 27.7 Å². The van der Waals surface area contributed by atoms with Gasteiger partial charge in [-0.3, -0.25) is 14.9 Å². The highest BCUT2D eigenvalue weighted by Gasteiger charge is 2.20. The quantitative estimate of drug-likeness (QED) is 0.504. The molecule has 0 aliphatic rings. The number of amides is 1. The van der Waals surface area contributed by atoms with E-state index in [4.69, 9.17) is 5.73 Å². The number of benzene rings is 1. The van der Waals surface area contributed by atoms with Crippen LogP contribution < -0.4 is 11.1 Å². The molecule has 21 heavy (non-hydrogen) atoms. The van der Waals surface area contributed by atoms with Crippen molar-refractivity contribution in [3.63, 3.8) is 0 Å². The van der Waals surface area contributed by atoms with E-state index in [2.05, 4.69) is 5.32 Å². The highest BCUT2D eigenvalue weighted by molar-refractivity contribution is 7.10. The summed E-state index contributed by atoms with van der Waals surface area (Å²) >= 11 is 1.55. The van der Waals surface area contributed by atoms with Gasteiger partial charge in [0.1, 0.15) is 5.56 Å². The second-order valence-electron chi connectivity index (χ2n) is 4.44. The highest BCUT2D eigenvalue weighted by Crippen LogP contribution is 2.22. The molecule has 0 bridgehead atoms. The van der Waals surface area contributed by atoms with Crippen LogP contribution in [-0.2, 0) is 13.0 Å². The largest absolute Gasteiger partial charge is 0.399 e. The molecule has 1 amide bonds. The first-order valence-corrected chi connectivity index (χ1v) is 7.28. The number of nitrogens with two attached hydrogens (primary N) is 1. The van der Waals surface area contributed by atoms with Crippen molar-refractivity contribution < 1.29 is 9.72 Å². The van der Waals surface area contributed by atoms with Gasteiger partial charge in [-0.05, 0) is 35.6 Å². The maximum Gasteiger partial charge on any atom is 0.282 e. The summed E-state index contributed by atoms with van der Waals surface area (Å²) in [4.78, 5) is 23.6. The zero-order valence-electron chi connectivity index (χ0n) is 11.5. The van der Waals surface area contributed by atoms with E-state index in [1.54, 1.807) is 11.3 Å². The molecule has 0 atom stereocenters. The number of aryl methyl sites for hydroxylation is 1. The van der Waals surface area contributed by atoms with Gasteiger partial charge in [-0.1, -0.05) is 6.92 Å². The van der Waals surface area contributed by atoms with Gasteiger partial charge >= 0.3 is 0 Å². The molecule has 110 valence electrons. The number of nitro groups is 1. The van der Waals surface area contributed by atoms with Crippen LogP contribution in [0.2, 0.25) is 0 Å². The van der Waals surface area contributed by atoms with Crippen molar-refractivity contribution in [1.82, 2.24) is 5.32 Å². The Bertz CT molecular complexity index is 682. The lowest BCUT2D eigenvalue weighted by Crippen LogP contribution is -2.23. The first-order valence-electron chi connectivity index (χ1n) is 6.40. The molecule has 0 unspecified atom stereocenters. The lowest BCUT2D eigenvalue weighted by Gasteiger charge is -2.07. The van der Waals surface area contributed by atoms with Crippen molar-refractivity contribution in [3.8, 4) is 0 Å². The molecule has 6 nitrogen and oxygen atoms in total. The minimum absolute atomic E-state index is 0.0189. The molecule has 2 rings (SSSR count). The van der Waals surface area contributed by atoms with E-state index < -0.39 is 10.8 Å². The number of anilines is 1. The summed E-state index contributed by atoms with van der Waals surface area (Å²) in [5.74, 6) is -0.496. The molecular formula is C14H15N3O3S. The van der Waals surface area contributed by atoms with Gasteiger partial charge in [-0.2, -0.15) is 0 Å². The van der Waals surface area contributed by atoms with E-state index in [9.17, 15) is 14.9 Å². The standard InChI is InChI=1S/C14H15N3O3S/c1-2-9-5-6-21-13(9)8-16-14(18)11-7-10(15)3-4-12(11)17(19)20/h3-7H,2,8,15H2,1H3,(H,16,18). The average Bonchev–Trinajstić information content (AvgIpc) is 2.91. The summed E-state index contributed by atoms with van der Waals surface area (Å²) in [6, 6.07) is 5.98. The maximum atomic E-state index is 12.2. The van der Waals surface area contributed by atoms with Gasteiger partial charge in [-0.25, -0.2) is 0 Å². The molecule has 0 fully saturated rings. The van der Waals surface area contributed by atoms with Crippen molar-refractivity contribution >= 4 is 28.6 Å². The number of nitrogen functional groups attached to an aromatic ring is 1. The number of nitrogens with zero attached hydrogens (tertiary/aromatic N) is 1. The summed E-state index contributed by atoms with van der Waals surface area (Å²) in [6.07, 6.45) is 0.882. The summed E-state index contributed by atoms with van der Waals surface area (Å²) in [5.41, 5.74) is 6.82. The van der Waals surface area contributed by atoms with Crippen LogP contribution >= 0.6 is 11.3 Å². The second-order valence-corrected chi connectivity index (χ2v) is 5.44. The Hall–Kier alpha value is -2.41. The van der Waals surface area contributed by atoms with Gasteiger partial charge < -0.3 is 11.1 Å². The third-order valence-corrected chi connectivity index (χ3v) is 4.05. The van der Waals surface area contributed by atoms with Crippen LogP contribution in [-0.4, -0.2) is 10.8 Å². The van der Waals surface area contributed by atoms with Gasteiger partial charge in [0.25, 0.3) is 11.6 Å². The zero-order chi connectivity index (χ0) is 15.4. The Labute approximate surface area is 125 Å². The molecule has 0 aliphatic carbocycles. The molecular weight excluding hydrogens is 290 g/mol.